The molecule has 2 N–H and O–H groups in total. The number of nitrogens with two attached hydrogens (primary N) is 1. The van der Waals surface area contributed by atoms with Gasteiger partial charge in [-0.1, -0.05) is 13.8 Å². The van der Waals surface area contributed by atoms with Crippen molar-refractivity contribution in [2.24, 2.45) is 5.92 Å². The summed E-state index contributed by atoms with van der Waals surface area (Å²) in [5, 5.41) is 0. The number of rotatable bonds is 4. The van der Waals surface area contributed by atoms with Crippen molar-refractivity contribution in [3.05, 3.63) is 6.33 Å². The van der Waals surface area contributed by atoms with Gasteiger partial charge in [0.05, 0.1) is 6.61 Å². The molecule has 1 unspecified atom stereocenters. The van der Waals surface area contributed by atoms with E-state index in [0.29, 0.717) is 24.1 Å². The maximum atomic E-state index is 6.06. The number of hydrogen-bond donors (Lipinski definition) is 1. The summed E-state index contributed by atoms with van der Waals surface area (Å²) in [4.78, 5) is 10.6. The smallest absolute Gasteiger partial charge is 0.242 e. The molecule has 0 amide bonds. The van der Waals surface area contributed by atoms with Crippen molar-refractivity contribution in [3.63, 3.8) is 0 Å². The Labute approximate surface area is 102 Å². The lowest BCUT2D eigenvalue weighted by atomic mass is 10.2. The van der Waals surface area contributed by atoms with Gasteiger partial charge in [-0.3, -0.25) is 0 Å². The Kier molecular flexibility index (Phi) is 3.66. The molecule has 0 aromatic carbocycles. The third-order valence-corrected chi connectivity index (χ3v) is 2.99. The Morgan fingerprint density at radius 1 is 1.53 bits per heavy atom. The first-order valence-electron chi connectivity index (χ1n) is 6.20. The van der Waals surface area contributed by atoms with Gasteiger partial charge in [0.25, 0.3) is 0 Å². The fourth-order valence-corrected chi connectivity index (χ4v) is 2.06. The predicted octanol–water partition coefficient (Wildman–Crippen LogP) is 1.69. The van der Waals surface area contributed by atoms with Crippen LogP contribution in [0.15, 0.2) is 6.33 Å². The van der Waals surface area contributed by atoms with Crippen LogP contribution in [0.5, 0.6) is 5.88 Å². The van der Waals surface area contributed by atoms with Gasteiger partial charge in [-0.15, -0.1) is 0 Å². The molecule has 0 bridgehead atoms. The van der Waals surface area contributed by atoms with E-state index in [4.69, 9.17) is 10.5 Å². The van der Waals surface area contributed by atoms with Crippen LogP contribution in [0.2, 0.25) is 0 Å². The Balaban J connectivity index is 2.17. The van der Waals surface area contributed by atoms with E-state index in [2.05, 4.69) is 28.7 Å². The minimum Gasteiger partial charge on any atom is -0.476 e. The van der Waals surface area contributed by atoms with Crippen molar-refractivity contribution in [3.8, 4) is 5.88 Å². The van der Waals surface area contributed by atoms with Gasteiger partial charge >= 0.3 is 0 Å². The quantitative estimate of drug-likeness (QED) is 0.862. The van der Waals surface area contributed by atoms with Crippen LogP contribution < -0.4 is 15.4 Å². The molecule has 1 aliphatic heterocycles. The topological polar surface area (TPSA) is 64.3 Å². The van der Waals surface area contributed by atoms with Gasteiger partial charge in [0.1, 0.15) is 12.0 Å². The highest BCUT2D eigenvalue weighted by Gasteiger charge is 2.23. The maximum Gasteiger partial charge on any atom is 0.242 e. The van der Waals surface area contributed by atoms with Crippen molar-refractivity contribution in [2.75, 3.05) is 30.3 Å². The van der Waals surface area contributed by atoms with Gasteiger partial charge in [-0.05, 0) is 18.8 Å². The molecular weight excluding hydrogens is 216 g/mol. The molecule has 1 aromatic heterocycles. The van der Waals surface area contributed by atoms with Crippen LogP contribution in [0, 0.1) is 5.92 Å². The monoisotopic (exact) mass is 236 g/mol. The number of aromatic nitrogens is 2. The molecule has 1 fully saturated rings. The molecule has 94 valence electrons. The average molecular weight is 236 g/mol. The van der Waals surface area contributed by atoms with E-state index in [1.54, 1.807) is 0 Å². The molecule has 0 radical (unpaired) electrons. The standard InChI is InChI=1S/C12H20N4O/c1-3-6-17-12-10(13)11(14-8-15-12)16-5-4-9(2)7-16/h8-9H,3-7,13H2,1-2H3. The van der Waals surface area contributed by atoms with Gasteiger partial charge in [-0.2, -0.15) is 4.98 Å². The molecule has 1 saturated heterocycles. The largest absolute Gasteiger partial charge is 0.476 e. The zero-order valence-electron chi connectivity index (χ0n) is 10.5. The van der Waals surface area contributed by atoms with E-state index < -0.39 is 0 Å². The highest BCUT2D eigenvalue weighted by Crippen LogP contribution is 2.31. The first-order valence-corrected chi connectivity index (χ1v) is 6.20. The maximum absolute atomic E-state index is 6.06. The summed E-state index contributed by atoms with van der Waals surface area (Å²) in [6.07, 6.45) is 3.66. The zero-order valence-corrected chi connectivity index (χ0v) is 10.5. The van der Waals surface area contributed by atoms with E-state index >= 15 is 0 Å². The van der Waals surface area contributed by atoms with E-state index in [1.807, 2.05) is 0 Å². The van der Waals surface area contributed by atoms with Crippen LogP contribution in [-0.2, 0) is 0 Å². The summed E-state index contributed by atoms with van der Waals surface area (Å²) >= 11 is 0. The van der Waals surface area contributed by atoms with Crippen LogP contribution in [0.4, 0.5) is 11.5 Å². The molecule has 0 spiro atoms. The van der Waals surface area contributed by atoms with Crippen molar-refractivity contribution >= 4 is 11.5 Å². The van der Waals surface area contributed by atoms with Crippen LogP contribution in [0.3, 0.4) is 0 Å². The van der Waals surface area contributed by atoms with Crippen molar-refractivity contribution in [2.45, 2.75) is 26.7 Å². The van der Waals surface area contributed by atoms with Gasteiger partial charge in [0.2, 0.25) is 5.88 Å². The molecule has 0 aliphatic carbocycles. The first kappa shape index (κ1) is 12.0. The van der Waals surface area contributed by atoms with Gasteiger partial charge in [-0.25, -0.2) is 4.98 Å². The van der Waals surface area contributed by atoms with E-state index in [1.165, 1.54) is 12.7 Å². The van der Waals surface area contributed by atoms with Crippen molar-refractivity contribution in [1.82, 2.24) is 9.97 Å². The first-order chi connectivity index (χ1) is 8.22. The third kappa shape index (κ3) is 2.60. The Hall–Kier alpha value is -1.52. The highest BCUT2D eigenvalue weighted by atomic mass is 16.5. The summed E-state index contributed by atoms with van der Waals surface area (Å²) in [6, 6.07) is 0. The number of ether oxygens (including phenoxy) is 1. The Morgan fingerprint density at radius 3 is 3.00 bits per heavy atom. The molecule has 1 aromatic rings. The van der Waals surface area contributed by atoms with Gasteiger partial charge in [0, 0.05) is 13.1 Å². The number of anilines is 2. The number of hydrogen-bond acceptors (Lipinski definition) is 5. The normalized spacial score (nSPS) is 19.6. The molecule has 1 aliphatic rings. The summed E-state index contributed by atoms with van der Waals surface area (Å²) in [5.74, 6) is 2.02. The third-order valence-electron chi connectivity index (χ3n) is 2.99. The molecule has 1 atom stereocenters. The Bertz CT molecular complexity index is 383. The van der Waals surface area contributed by atoms with Gasteiger partial charge < -0.3 is 15.4 Å². The average Bonchev–Trinajstić information content (AvgIpc) is 2.74. The molecule has 2 rings (SSSR count). The van der Waals surface area contributed by atoms with Crippen LogP contribution in [0.25, 0.3) is 0 Å². The summed E-state index contributed by atoms with van der Waals surface area (Å²) in [5.41, 5.74) is 6.62. The molecule has 5 nitrogen and oxygen atoms in total. The molecule has 17 heavy (non-hydrogen) atoms. The minimum atomic E-state index is 0.511. The minimum absolute atomic E-state index is 0.511. The van der Waals surface area contributed by atoms with Gasteiger partial charge in [0.15, 0.2) is 5.82 Å². The summed E-state index contributed by atoms with van der Waals surface area (Å²) in [7, 11) is 0. The molecule has 5 heteroatoms. The lowest BCUT2D eigenvalue weighted by Crippen LogP contribution is -2.22. The lowest BCUT2D eigenvalue weighted by Gasteiger charge is -2.19. The van der Waals surface area contributed by atoms with Crippen molar-refractivity contribution < 1.29 is 4.74 Å². The Morgan fingerprint density at radius 2 is 2.35 bits per heavy atom. The number of nitrogen functional groups attached to an aromatic ring is 1. The second-order valence-corrected chi connectivity index (χ2v) is 4.60. The van der Waals surface area contributed by atoms with Crippen LogP contribution >= 0.6 is 0 Å². The predicted molar refractivity (Wildman–Crippen MR) is 68.2 cm³/mol. The SMILES string of the molecule is CCCOc1ncnc(N2CCC(C)C2)c1N. The van der Waals surface area contributed by atoms with E-state index in [-0.39, 0.29) is 0 Å². The number of nitrogens with zero attached hydrogens (tertiary/aromatic N) is 3. The lowest BCUT2D eigenvalue weighted by molar-refractivity contribution is 0.306. The van der Waals surface area contributed by atoms with Crippen molar-refractivity contribution in [1.29, 1.82) is 0 Å². The fourth-order valence-electron chi connectivity index (χ4n) is 2.06. The van der Waals surface area contributed by atoms with Crippen LogP contribution in [-0.4, -0.2) is 29.7 Å². The van der Waals surface area contributed by atoms with E-state index in [9.17, 15) is 0 Å². The van der Waals surface area contributed by atoms with Crippen LogP contribution in [0.1, 0.15) is 26.7 Å². The summed E-state index contributed by atoms with van der Waals surface area (Å²) < 4.78 is 5.51. The molecular formula is C12H20N4O. The molecule has 0 saturated carbocycles. The van der Waals surface area contributed by atoms with E-state index in [0.717, 1.165) is 25.3 Å². The fraction of sp³-hybridized carbons (Fsp3) is 0.667. The second kappa shape index (κ2) is 5.21. The second-order valence-electron chi connectivity index (χ2n) is 4.60. The highest BCUT2D eigenvalue weighted by molar-refractivity contribution is 5.68. The zero-order chi connectivity index (χ0) is 12.3. The molecule has 2 heterocycles. The summed E-state index contributed by atoms with van der Waals surface area (Å²) in [6.45, 7) is 6.95.